The lowest BCUT2D eigenvalue weighted by molar-refractivity contribution is -0.122. The molecule has 2 unspecified atom stereocenters. The number of nitrogens with zero attached hydrogens (tertiary/aromatic N) is 1. The summed E-state index contributed by atoms with van der Waals surface area (Å²) in [6, 6.07) is 9.96. The van der Waals surface area contributed by atoms with E-state index < -0.39 is 6.10 Å². The lowest BCUT2D eigenvalue weighted by atomic mass is 10.0. The van der Waals surface area contributed by atoms with E-state index in [0.717, 1.165) is 17.3 Å². The molecule has 2 aromatic rings. The van der Waals surface area contributed by atoms with Crippen molar-refractivity contribution in [2.45, 2.75) is 32.9 Å². The van der Waals surface area contributed by atoms with E-state index in [0.29, 0.717) is 6.54 Å². The van der Waals surface area contributed by atoms with Crippen LogP contribution < -0.4 is 5.32 Å². The monoisotopic (exact) mass is 274 g/mol. The van der Waals surface area contributed by atoms with E-state index in [2.05, 4.69) is 5.32 Å². The van der Waals surface area contributed by atoms with Gasteiger partial charge in [-0.05, 0) is 23.4 Å². The Labute approximate surface area is 119 Å². The number of para-hydroxylation sites is 1. The number of hydrogen-bond acceptors (Lipinski definition) is 2. The molecule has 0 radical (unpaired) electrons. The normalized spacial score (nSPS) is 14.2. The molecule has 20 heavy (non-hydrogen) atoms. The molecule has 4 heteroatoms. The van der Waals surface area contributed by atoms with Gasteiger partial charge in [-0.15, -0.1) is 0 Å². The van der Waals surface area contributed by atoms with Crippen molar-refractivity contribution in [1.82, 2.24) is 9.88 Å². The van der Waals surface area contributed by atoms with Crippen LogP contribution in [0.4, 0.5) is 0 Å². The lowest BCUT2D eigenvalue weighted by Crippen LogP contribution is -2.36. The minimum Gasteiger partial charge on any atom is -0.391 e. The maximum Gasteiger partial charge on any atom is 0.240 e. The van der Waals surface area contributed by atoms with Gasteiger partial charge in [-0.25, -0.2) is 0 Å². The van der Waals surface area contributed by atoms with Gasteiger partial charge in [0.1, 0.15) is 6.54 Å². The fraction of sp³-hybridized carbons (Fsp3) is 0.438. The van der Waals surface area contributed by atoms with E-state index in [1.165, 1.54) is 0 Å². The van der Waals surface area contributed by atoms with Crippen molar-refractivity contribution in [2.24, 2.45) is 5.92 Å². The Bertz CT molecular complexity index is 577. The summed E-state index contributed by atoms with van der Waals surface area (Å²) < 4.78 is 1.92. The molecule has 0 fully saturated rings. The van der Waals surface area contributed by atoms with Crippen LogP contribution in [0.5, 0.6) is 0 Å². The summed E-state index contributed by atoms with van der Waals surface area (Å²) in [5.41, 5.74) is 1.05. The van der Waals surface area contributed by atoms with Crippen LogP contribution in [0.3, 0.4) is 0 Å². The molecule has 0 aliphatic heterocycles. The molecule has 1 heterocycles. The van der Waals surface area contributed by atoms with Crippen LogP contribution in [0.1, 0.15) is 20.3 Å². The van der Waals surface area contributed by atoms with Gasteiger partial charge in [0, 0.05) is 18.3 Å². The highest BCUT2D eigenvalue weighted by Gasteiger charge is 2.13. The first-order chi connectivity index (χ1) is 9.61. The number of fused-ring (bicyclic) bond motifs is 1. The second kappa shape index (κ2) is 6.57. The smallest absolute Gasteiger partial charge is 0.240 e. The number of aromatic nitrogens is 1. The first kappa shape index (κ1) is 14.6. The fourth-order valence-corrected chi connectivity index (χ4v) is 2.18. The SMILES string of the molecule is CCC(C)C(O)CNC(=O)Cn1ccc2ccccc21. The zero-order valence-electron chi connectivity index (χ0n) is 12.0. The summed E-state index contributed by atoms with van der Waals surface area (Å²) >= 11 is 0. The fourth-order valence-electron chi connectivity index (χ4n) is 2.18. The van der Waals surface area contributed by atoms with Gasteiger partial charge < -0.3 is 15.0 Å². The number of nitrogens with one attached hydrogen (secondary N) is 1. The maximum atomic E-state index is 11.9. The summed E-state index contributed by atoms with van der Waals surface area (Å²) in [5.74, 6) is 0.122. The zero-order chi connectivity index (χ0) is 14.5. The van der Waals surface area contributed by atoms with Crippen molar-refractivity contribution in [2.75, 3.05) is 6.54 Å². The van der Waals surface area contributed by atoms with E-state index in [9.17, 15) is 9.90 Å². The maximum absolute atomic E-state index is 11.9. The summed E-state index contributed by atoms with van der Waals surface area (Å²) in [6.45, 7) is 4.60. The Morgan fingerprint density at radius 3 is 2.85 bits per heavy atom. The quantitative estimate of drug-likeness (QED) is 0.848. The Balaban J connectivity index is 1.92. The van der Waals surface area contributed by atoms with Gasteiger partial charge in [0.15, 0.2) is 0 Å². The molecule has 2 atom stereocenters. The third-order valence-electron chi connectivity index (χ3n) is 3.80. The summed E-state index contributed by atoms with van der Waals surface area (Å²) in [5, 5.41) is 13.8. The average Bonchev–Trinajstić information content (AvgIpc) is 2.87. The highest BCUT2D eigenvalue weighted by molar-refractivity contribution is 5.83. The second-order valence-corrected chi connectivity index (χ2v) is 5.26. The molecule has 0 spiro atoms. The van der Waals surface area contributed by atoms with Crippen LogP contribution in [0.2, 0.25) is 0 Å². The molecule has 0 aliphatic carbocycles. The number of amides is 1. The zero-order valence-corrected chi connectivity index (χ0v) is 12.0. The van der Waals surface area contributed by atoms with Gasteiger partial charge in [0.05, 0.1) is 6.10 Å². The summed E-state index contributed by atoms with van der Waals surface area (Å²) in [7, 11) is 0. The minimum absolute atomic E-state index is 0.0753. The van der Waals surface area contributed by atoms with Gasteiger partial charge in [-0.3, -0.25) is 4.79 Å². The molecule has 1 aromatic heterocycles. The van der Waals surface area contributed by atoms with Crippen molar-refractivity contribution in [1.29, 1.82) is 0 Å². The Morgan fingerprint density at radius 2 is 2.10 bits per heavy atom. The minimum atomic E-state index is -0.481. The molecule has 0 bridgehead atoms. The van der Waals surface area contributed by atoms with Crippen LogP contribution in [0.15, 0.2) is 36.5 Å². The molecule has 0 saturated carbocycles. The van der Waals surface area contributed by atoms with Crippen LogP contribution in [-0.4, -0.2) is 28.2 Å². The number of carbonyl (C=O) groups excluding carboxylic acids is 1. The van der Waals surface area contributed by atoms with E-state index in [-0.39, 0.29) is 18.4 Å². The summed E-state index contributed by atoms with van der Waals surface area (Å²) in [4.78, 5) is 11.9. The highest BCUT2D eigenvalue weighted by atomic mass is 16.3. The number of benzene rings is 1. The van der Waals surface area contributed by atoms with Crippen LogP contribution >= 0.6 is 0 Å². The molecule has 108 valence electrons. The van der Waals surface area contributed by atoms with E-state index >= 15 is 0 Å². The number of hydrogen-bond donors (Lipinski definition) is 2. The van der Waals surface area contributed by atoms with Crippen molar-refractivity contribution < 1.29 is 9.90 Å². The van der Waals surface area contributed by atoms with Crippen molar-refractivity contribution in [3.05, 3.63) is 36.5 Å². The number of aliphatic hydroxyl groups is 1. The largest absolute Gasteiger partial charge is 0.391 e. The number of carbonyl (C=O) groups is 1. The Kier molecular flexibility index (Phi) is 4.79. The van der Waals surface area contributed by atoms with Crippen LogP contribution in [0, 0.1) is 5.92 Å². The molecular weight excluding hydrogens is 252 g/mol. The molecule has 4 nitrogen and oxygen atoms in total. The average molecular weight is 274 g/mol. The third-order valence-corrected chi connectivity index (χ3v) is 3.80. The molecule has 0 saturated heterocycles. The molecule has 1 aromatic carbocycles. The topological polar surface area (TPSA) is 54.3 Å². The highest BCUT2D eigenvalue weighted by Crippen LogP contribution is 2.14. The standard InChI is InChI=1S/C16H22N2O2/c1-3-12(2)15(19)10-17-16(20)11-18-9-8-13-6-4-5-7-14(13)18/h4-9,12,15,19H,3,10-11H2,1-2H3,(H,17,20). The van der Waals surface area contributed by atoms with Gasteiger partial charge in [0.25, 0.3) is 0 Å². The van der Waals surface area contributed by atoms with E-state index in [4.69, 9.17) is 0 Å². The second-order valence-electron chi connectivity index (χ2n) is 5.26. The van der Waals surface area contributed by atoms with E-state index in [1.807, 2.05) is 54.9 Å². The Hall–Kier alpha value is -1.81. The molecule has 1 amide bonds. The Morgan fingerprint density at radius 1 is 1.35 bits per heavy atom. The van der Waals surface area contributed by atoms with Crippen LogP contribution in [-0.2, 0) is 11.3 Å². The van der Waals surface area contributed by atoms with Gasteiger partial charge >= 0.3 is 0 Å². The van der Waals surface area contributed by atoms with Crippen molar-refractivity contribution in [3.63, 3.8) is 0 Å². The first-order valence-electron chi connectivity index (χ1n) is 7.10. The van der Waals surface area contributed by atoms with Gasteiger partial charge in [0.2, 0.25) is 5.91 Å². The number of aliphatic hydroxyl groups excluding tert-OH is 1. The molecule has 2 rings (SSSR count). The van der Waals surface area contributed by atoms with Gasteiger partial charge in [-0.2, -0.15) is 0 Å². The molecular formula is C16H22N2O2. The van der Waals surface area contributed by atoms with Crippen molar-refractivity contribution in [3.8, 4) is 0 Å². The predicted octanol–water partition coefficient (Wildman–Crippen LogP) is 2.16. The van der Waals surface area contributed by atoms with Crippen molar-refractivity contribution >= 4 is 16.8 Å². The van der Waals surface area contributed by atoms with Gasteiger partial charge in [-0.1, -0.05) is 38.5 Å². The lowest BCUT2D eigenvalue weighted by Gasteiger charge is -2.17. The predicted molar refractivity (Wildman–Crippen MR) is 80.4 cm³/mol. The van der Waals surface area contributed by atoms with Crippen LogP contribution in [0.25, 0.3) is 10.9 Å². The summed E-state index contributed by atoms with van der Waals surface area (Å²) in [6.07, 6.45) is 2.33. The van der Waals surface area contributed by atoms with E-state index in [1.54, 1.807) is 0 Å². The molecule has 2 N–H and O–H groups in total. The molecule has 0 aliphatic rings. The number of rotatable bonds is 6. The first-order valence-corrected chi connectivity index (χ1v) is 7.10. The third kappa shape index (κ3) is 3.39.